The van der Waals surface area contributed by atoms with Crippen molar-refractivity contribution < 1.29 is 0 Å². The van der Waals surface area contributed by atoms with Gasteiger partial charge < -0.3 is 0 Å². The molecule has 8 rings (SSSR count). The van der Waals surface area contributed by atoms with Gasteiger partial charge in [-0.25, -0.2) is 0 Å². The third-order valence-electron chi connectivity index (χ3n) is 9.31. The van der Waals surface area contributed by atoms with Crippen LogP contribution in [-0.2, 0) is 25.7 Å². The molecule has 2 aliphatic carbocycles. The minimum absolute atomic E-state index is 0.737. The van der Waals surface area contributed by atoms with Crippen LogP contribution < -0.4 is 31.8 Å². The van der Waals surface area contributed by atoms with Crippen LogP contribution in [0.3, 0.4) is 0 Å². The van der Waals surface area contributed by atoms with Crippen molar-refractivity contribution in [3.63, 3.8) is 0 Å². The predicted octanol–water partition coefficient (Wildman–Crippen LogP) is 7.85. The van der Waals surface area contributed by atoms with Crippen molar-refractivity contribution in [2.45, 2.75) is 38.5 Å². The van der Waals surface area contributed by atoms with Crippen LogP contribution in [0, 0.1) is 0 Å². The van der Waals surface area contributed by atoms with Crippen LogP contribution in [-0.4, -0.2) is 0 Å². The Morgan fingerprint density at radius 3 is 0.955 bits per heavy atom. The molecule has 214 valence electrons. The molecule has 2 heteroatoms. The Labute approximate surface area is 264 Å². The summed E-state index contributed by atoms with van der Waals surface area (Å²) in [5, 5.41) is 8.75. The second-order valence-corrected chi connectivity index (χ2v) is 16.3. The van der Waals surface area contributed by atoms with Gasteiger partial charge in [0.05, 0.1) is 0 Å². The molecule has 44 heavy (non-hydrogen) atoms. The molecule has 0 spiro atoms. The third kappa shape index (κ3) is 5.06. The summed E-state index contributed by atoms with van der Waals surface area (Å²) in [6.45, 7) is 0. The maximum absolute atomic E-state index is 2.52. The second-order valence-electron chi connectivity index (χ2n) is 11.9. The van der Waals surface area contributed by atoms with E-state index in [9.17, 15) is 0 Å². The molecule has 0 atom stereocenters. The summed E-state index contributed by atoms with van der Waals surface area (Å²) < 4.78 is 0. The molecule has 0 saturated heterocycles. The highest BCUT2D eigenvalue weighted by molar-refractivity contribution is 7.80. The molecule has 0 aromatic heterocycles. The highest BCUT2D eigenvalue weighted by Crippen LogP contribution is 2.47. The fourth-order valence-corrected chi connectivity index (χ4v) is 12.4. The van der Waals surface area contributed by atoms with Crippen molar-refractivity contribution in [2.24, 2.45) is 0 Å². The van der Waals surface area contributed by atoms with E-state index in [1.165, 1.54) is 70.4 Å². The summed E-state index contributed by atoms with van der Waals surface area (Å²) in [6.07, 6.45) is 7.21. The second kappa shape index (κ2) is 12.3. The zero-order valence-corrected chi connectivity index (χ0v) is 26.8. The Bertz CT molecular complexity index is 1680. The van der Waals surface area contributed by atoms with Gasteiger partial charge in [0.15, 0.2) is 0 Å². The van der Waals surface area contributed by atoms with Crippen LogP contribution in [0.25, 0.3) is 11.1 Å². The predicted molar refractivity (Wildman–Crippen MR) is 193 cm³/mol. The summed E-state index contributed by atoms with van der Waals surface area (Å²) in [5.74, 6) is 0. The van der Waals surface area contributed by atoms with Crippen LogP contribution in [0.2, 0.25) is 0 Å². The first-order chi connectivity index (χ1) is 21.9. The van der Waals surface area contributed by atoms with Gasteiger partial charge >= 0.3 is 0 Å². The fourth-order valence-electron chi connectivity index (χ4n) is 7.40. The lowest BCUT2D eigenvalue weighted by molar-refractivity contribution is 0.910. The van der Waals surface area contributed by atoms with E-state index in [2.05, 4.69) is 146 Å². The van der Waals surface area contributed by atoms with E-state index in [0.717, 1.165) is 0 Å². The van der Waals surface area contributed by atoms with Gasteiger partial charge in [0.1, 0.15) is 0 Å². The summed E-state index contributed by atoms with van der Waals surface area (Å²) in [7, 11) is -1.47. The SMILES string of the molecule is c1ccc(P(c2ccccc2)c2ccc3c(c2-c2c(P(c4ccccc4)c4ccccc4)ccc4c2CCC4)CCC3)cc1. The normalized spacial score (nSPS) is 13.8. The molecule has 0 unspecified atom stereocenters. The molecule has 0 heterocycles. The Morgan fingerprint density at radius 2 is 0.636 bits per heavy atom. The zero-order valence-electron chi connectivity index (χ0n) is 25.0. The van der Waals surface area contributed by atoms with Crippen LogP contribution >= 0.6 is 15.8 Å². The Hall–Kier alpha value is -3.82. The molecular formula is C42H36P2. The Kier molecular flexibility index (Phi) is 7.74. The molecule has 0 radical (unpaired) electrons. The molecule has 0 nitrogen and oxygen atoms in total. The average Bonchev–Trinajstić information content (AvgIpc) is 3.77. The molecule has 0 bridgehead atoms. The van der Waals surface area contributed by atoms with Crippen molar-refractivity contribution in [3.8, 4) is 11.1 Å². The Morgan fingerprint density at radius 1 is 0.318 bits per heavy atom. The number of hydrogen-bond donors (Lipinski definition) is 0. The van der Waals surface area contributed by atoms with Crippen LogP contribution in [0.4, 0.5) is 0 Å². The first kappa shape index (κ1) is 27.7. The van der Waals surface area contributed by atoms with Gasteiger partial charge in [-0.05, 0) is 120 Å². The summed E-state index contributed by atoms with van der Waals surface area (Å²) in [4.78, 5) is 0. The number of aryl methyl sites for hydroxylation is 2. The van der Waals surface area contributed by atoms with E-state index in [-0.39, 0.29) is 0 Å². The lowest BCUT2D eigenvalue weighted by atomic mass is 9.91. The van der Waals surface area contributed by atoms with Crippen molar-refractivity contribution in [2.75, 3.05) is 0 Å². The molecule has 0 amide bonds. The maximum atomic E-state index is 2.52. The number of hydrogen-bond acceptors (Lipinski definition) is 0. The minimum Gasteiger partial charge on any atom is -0.0622 e. The molecule has 2 aliphatic rings. The van der Waals surface area contributed by atoms with Crippen molar-refractivity contribution >= 4 is 47.7 Å². The van der Waals surface area contributed by atoms with Crippen molar-refractivity contribution in [3.05, 3.63) is 168 Å². The lowest BCUT2D eigenvalue weighted by Crippen LogP contribution is -2.27. The van der Waals surface area contributed by atoms with Crippen LogP contribution in [0.5, 0.6) is 0 Å². The molecular weight excluding hydrogens is 566 g/mol. The van der Waals surface area contributed by atoms with Gasteiger partial charge in [-0.15, -0.1) is 0 Å². The summed E-state index contributed by atoms with van der Waals surface area (Å²) >= 11 is 0. The standard InChI is InChI=1S/C42H36P2/c1-5-17-33(18-6-1)43(34-19-7-2-8-20-34)39-29-27-31-15-13-25-37(31)41(39)42-38-26-14-16-32(38)28-30-40(42)44(35-21-9-3-10-22-35)36-23-11-4-12-24-36/h1-12,17-24,27-30H,13-16,25-26H2. The maximum Gasteiger partial charge on any atom is -0.00559 e. The fraction of sp³-hybridized carbons (Fsp3) is 0.143. The topological polar surface area (TPSA) is 0 Å². The van der Waals surface area contributed by atoms with Gasteiger partial charge in [0.25, 0.3) is 0 Å². The van der Waals surface area contributed by atoms with E-state index < -0.39 is 15.8 Å². The lowest BCUT2D eigenvalue weighted by Gasteiger charge is -2.29. The van der Waals surface area contributed by atoms with Gasteiger partial charge in [-0.1, -0.05) is 146 Å². The summed E-state index contributed by atoms with van der Waals surface area (Å²) in [5.41, 5.74) is 9.47. The highest BCUT2D eigenvalue weighted by Gasteiger charge is 2.32. The Balaban J connectivity index is 1.46. The first-order valence-corrected chi connectivity index (χ1v) is 18.7. The average molecular weight is 603 g/mol. The van der Waals surface area contributed by atoms with Crippen molar-refractivity contribution in [1.82, 2.24) is 0 Å². The number of fused-ring (bicyclic) bond motifs is 2. The molecule has 0 aliphatic heterocycles. The molecule has 0 saturated carbocycles. The van der Waals surface area contributed by atoms with E-state index in [4.69, 9.17) is 0 Å². The van der Waals surface area contributed by atoms with Gasteiger partial charge in [0.2, 0.25) is 0 Å². The highest BCUT2D eigenvalue weighted by atomic mass is 31.1. The number of rotatable bonds is 7. The van der Waals surface area contributed by atoms with Gasteiger partial charge in [-0.2, -0.15) is 0 Å². The number of benzene rings is 6. The summed E-state index contributed by atoms with van der Waals surface area (Å²) in [6, 6.07) is 55.2. The van der Waals surface area contributed by atoms with E-state index in [1.54, 1.807) is 33.4 Å². The third-order valence-corrected chi connectivity index (χ3v) is 14.3. The molecule has 6 aromatic rings. The van der Waals surface area contributed by atoms with Gasteiger partial charge in [0, 0.05) is 0 Å². The smallest absolute Gasteiger partial charge is 0.00559 e. The monoisotopic (exact) mass is 602 g/mol. The van der Waals surface area contributed by atoms with E-state index in [1.807, 2.05) is 0 Å². The van der Waals surface area contributed by atoms with E-state index >= 15 is 0 Å². The largest absolute Gasteiger partial charge is 0.0622 e. The molecule has 0 fully saturated rings. The van der Waals surface area contributed by atoms with Gasteiger partial charge in [-0.3, -0.25) is 0 Å². The first-order valence-electron chi connectivity index (χ1n) is 16.0. The molecule has 0 N–H and O–H groups in total. The van der Waals surface area contributed by atoms with Crippen LogP contribution in [0.1, 0.15) is 35.1 Å². The minimum atomic E-state index is -0.737. The molecule has 6 aromatic carbocycles. The van der Waals surface area contributed by atoms with Crippen LogP contribution in [0.15, 0.2) is 146 Å². The van der Waals surface area contributed by atoms with Crippen molar-refractivity contribution in [1.29, 1.82) is 0 Å². The quantitative estimate of drug-likeness (QED) is 0.163. The van der Waals surface area contributed by atoms with E-state index in [0.29, 0.717) is 0 Å². The zero-order chi connectivity index (χ0) is 29.3.